The van der Waals surface area contributed by atoms with Gasteiger partial charge in [0, 0.05) is 5.70 Å². The molecule has 0 bridgehead atoms. The topological polar surface area (TPSA) is 55.4 Å². The van der Waals surface area contributed by atoms with E-state index in [0.29, 0.717) is 12.0 Å². The van der Waals surface area contributed by atoms with Gasteiger partial charge in [-0.3, -0.25) is 9.59 Å². The molecule has 1 aliphatic rings. The van der Waals surface area contributed by atoms with Gasteiger partial charge in [-0.2, -0.15) is 0 Å². The molecular formula is C29H39NO3. The Kier molecular flexibility index (Phi) is 13.9. The number of unbranched alkanes of at least 4 members (excludes halogenated alkanes) is 1. The van der Waals surface area contributed by atoms with Crippen molar-refractivity contribution in [3.05, 3.63) is 96.8 Å². The highest BCUT2D eigenvalue weighted by molar-refractivity contribution is 5.86. The molecule has 1 N–H and O–H groups in total. The summed E-state index contributed by atoms with van der Waals surface area (Å²) in [5.41, 5.74) is 1.37. The van der Waals surface area contributed by atoms with Crippen LogP contribution in [0.15, 0.2) is 96.8 Å². The van der Waals surface area contributed by atoms with Gasteiger partial charge in [0.2, 0.25) is 0 Å². The molecule has 4 nitrogen and oxygen atoms in total. The Labute approximate surface area is 199 Å². The Bertz CT molecular complexity index is 852. The summed E-state index contributed by atoms with van der Waals surface area (Å²) in [5.74, 6) is -1.52. The van der Waals surface area contributed by atoms with Crippen LogP contribution < -0.4 is 5.32 Å². The fourth-order valence-electron chi connectivity index (χ4n) is 3.22. The maximum atomic E-state index is 13.2. The average Bonchev–Trinajstić information content (AvgIpc) is 2.77. The normalized spacial score (nSPS) is 21.3. The molecule has 1 rings (SSSR count). The lowest BCUT2D eigenvalue weighted by Crippen LogP contribution is -2.37. The van der Waals surface area contributed by atoms with Crippen molar-refractivity contribution in [1.82, 2.24) is 5.32 Å². The Balaban J connectivity index is 3.01. The van der Waals surface area contributed by atoms with Crippen LogP contribution in [0.5, 0.6) is 0 Å². The molecule has 0 aromatic heterocycles. The van der Waals surface area contributed by atoms with Crippen molar-refractivity contribution in [3.8, 4) is 0 Å². The molecule has 0 aromatic rings. The van der Waals surface area contributed by atoms with Gasteiger partial charge in [-0.15, -0.1) is 0 Å². The number of rotatable bonds is 12. The van der Waals surface area contributed by atoms with Crippen LogP contribution in [-0.4, -0.2) is 18.0 Å². The van der Waals surface area contributed by atoms with E-state index in [-0.39, 0.29) is 11.8 Å². The van der Waals surface area contributed by atoms with Crippen molar-refractivity contribution in [1.29, 1.82) is 0 Å². The third-order valence-corrected chi connectivity index (χ3v) is 5.05. The van der Waals surface area contributed by atoms with Gasteiger partial charge in [-0.1, -0.05) is 99.8 Å². The van der Waals surface area contributed by atoms with Gasteiger partial charge in [-0.25, -0.2) is 0 Å². The molecule has 3 unspecified atom stereocenters. The second kappa shape index (κ2) is 16.5. The van der Waals surface area contributed by atoms with Gasteiger partial charge in [-0.05, 0) is 50.7 Å². The maximum absolute atomic E-state index is 13.2. The SMILES string of the molecule is C=C(/C=C\C=C/C)C(C(=O)OC(C)C(=O)NC(/C=C\CC)=C/CCC)C1\C=C/C=C\C=C/C1. The van der Waals surface area contributed by atoms with Crippen molar-refractivity contribution in [3.63, 3.8) is 0 Å². The van der Waals surface area contributed by atoms with E-state index >= 15 is 0 Å². The van der Waals surface area contributed by atoms with Crippen LogP contribution in [0.25, 0.3) is 0 Å². The largest absolute Gasteiger partial charge is 0.452 e. The van der Waals surface area contributed by atoms with E-state index in [4.69, 9.17) is 4.74 Å². The Morgan fingerprint density at radius 2 is 1.91 bits per heavy atom. The molecule has 33 heavy (non-hydrogen) atoms. The molecule has 0 heterocycles. The monoisotopic (exact) mass is 449 g/mol. The summed E-state index contributed by atoms with van der Waals surface area (Å²) in [7, 11) is 0. The number of esters is 1. The highest BCUT2D eigenvalue weighted by atomic mass is 16.5. The van der Waals surface area contributed by atoms with Crippen molar-refractivity contribution in [2.45, 2.75) is 59.5 Å². The van der Waals surface area contributed by atoms with Gasteiger partial charge >= 0.3 is 5.97 Å². The van der Waals surface area contributed by atoms with Crippen LogP contribution in [0.3, 0.4) is 0 Å². The molecule has 4 heteroatoms. The molecule has 0 saturated carbocycles. The lowest BCUT2D eigenvalue weighted by atomic mass is 9.83. The third-order valence-electron chi connectivity index (χ3n) is 5.05. The smallest absolute Gasteiger partial charge is 0.314 e. The van der Waals surface area contributed by atoms with E-state index in [0.717, 1.165) is 25.0 Å². The van der Waals surface area contributed by atoms with Crippen LogP contribution in [0.4, 0.5) is 0 Å². The number of hydrogen-bond donors (Lipinski definition) is 1. The van der Waals surface area contributed by atoms with Crippen molar-refractivity contribution in [2.75, 3.05) is 0 Å². The maximum Gasteiger partial charge on any atom is 0.314 e. The zero-order chi connectivity index (χ0) is 24.5. The molecular weight excluding hydrogens is 410 g/mol. The second-order valence-corrected chi connectivity index (χ2v) is 7.86. The average molecular weight is 450 g/mol. The van der Waals surface area contributed by atoms with Crippen LogP contribution in [0, 0.1) is 11.8 Å². The standard InChI is InChI=1S/C29H39NO3/c1-6-9-15-18-23(4)27(25-19-16-13-12-14-17-20-25)29(32)33-24(5)28(31)30-26(21-10-7-2)22-11-8-3/h6,9-10,12-19,21-22,24-25,27H,4,7-8,11,20H2,1-3,5H3,(H,30,31)/b9-6-,13-12-,17-14-,18-15-,19-16-,21-10-,26-22+. The fraction of sp³-hybridized carbons (Fsp3) is 0.379. The molecule has 0 aromatic carbocycles. The predicted octanol–water partition coefficient (Wildman–Crippen LogP) is 6.68. The van der Waals surface area contributed by atoms with E-state index < -0.39 is 18.0 Å². The number of nitrogens with one attached hydrogen (secondary N) is 1. The fourth-order valence-corrected chi connectivity index (χ4v) is 3.22. The van der Waals surface area contributed by atoms with Crippen LogP contribution >= 0.6 is 0 Å². The number of amides is 1. The van der Waals surface area contributed by atoms with E-state index in [1.54, 1.807) is 6.92 Å². The van der Waals surface area contributed by atoms with Crippen molar-refractivity contribution >= 4 is 11.9 Å². The first-order valence-corrected chi connectivity index (χ1v) is 11.8. The molecule has 0 fully saturated rings. The minimum atomic E-state index is -0.930. The summed E-state index contributed by atoms with van der Waals surface area (Å²) in [4.78, 5) is 26.0. The highest BCUT2D eigenvalue weighted by Gasteiger charge is 2.31. The van der Waals surface area contributed by atoms with Gasteiger partial charge in [0.1, 0.15) is 0 Å². The van der Waals surface area contributed by atoms with Crippen molar-refractivity contribution in [2.24, 2.45) is 11.8 Å². The molecule has 0 radical (unpaired) electrons. The molecule has 178 valence electrons. The lowest BCUT2D eigenvalue weighted by molar-refractivity contribution is -0.158. The van der Waals surface area contributed by atoms with E-state index in [1.165, 1.54) is 0 Å². The first-order valence-electron chi connectivity index (χ1n) is 11.8. The number of carbonyl (C=O) groups is 2. The second-order valence-electron chi connectivity index (χ2n) is 7.86. The quantitative estimate of drug-likeness (QED) is 0.267. The number of ether oxygens (including phenoxy) is 1. The van der Waals surface area contributed by atoms with Crippen LogP contribution in [0.2, 0.25) is 0 Å². The Morgan fingerprint density at radius 1 is 1.15 bits per heavy atom. The zero-order valence-corrected chi connectivity index (χ0v) is 20.5. The van der Waals surface area contributed by atoms with E-state index in [1.807, 2.05) is 92.8 Å². The first kappa shape index (κ1) is 27.9. The molecule has 1 aliphatic carbocycles. The van der Waals surface area contributed by atoms with Gasteiger partial charge in [0.25, 0.3) is 5.91 Å². The van der Waals surface area contributed by atoms with Gasteiger partial charge in [0.15, 0.2) is 6.10 Å². The third kappa shape index (κ3) is 10.8. The number of allylic oxidation sites excluding steroid dienone is 13. The number of hydrogen-bond acceptors (Lipinski definition) is 3. The number of carbonyl (C=O) groups excluding carboxylic acids is 2. The molecule has 3 atom stereocenters. The summed E-state index contributed by atoms with van der Waals surface area (Å²) in [6.45, 7) is 11.8. The Morgan fingerprint density at radius 3 is 2.61 bits per heavy atom. The Hall–Kier alpha value is -3.14. The zero-order valence-electron chi connectivity index (χ0n) is 20.5. The summed E-state index contributed by atoms with van der Waals surface area (Å²) < 4.78 is 5.65. The molecule has 0 aliphatic heterocycles. The predicted molar refractivity (Wildman–Crippen MR) is 138 cm³/mol. The van der Waals surface area contributed by atoms with Gasteiger partial charge < -0.3 is 10.1 Å². The minimum absolute atomic E-state index is 0.121. The summed E-state index contributed by atoms with van der Waals surface area (Å²) in [5, 5.41) is 2.88. The highest BCUT2D eigenvalue weighted by Crippen LogP contribution is 2.28. The summed E-state index contributed by atoms with van der Waals surface area (Å²) in [6.07, 6.45) is 27.5. The first-order chi connectivity index (χ1) is 15.9. The minimum Gasteiger partial charge on any atom is -0.452 e. The summed E-state index contributed by atoms with van der Waals surface area (Å²) >= 11 is 0. The van der Waals surface area contributed by atoms with Crippen LogP contribution in [-0.2, 0) is 14.3 Å². The molecule has 0 saturated heterocycles. The molecule has 0 spiro atoms. The lowest BCUT2D eigenvalue weighted by Gasteiger charge is -2.25. The van der Waals surface area contributed by atoms with Crippen LogP contribution in [0.1, 0.15) is 53.4 Å². The van der Waals surface area contributed by atoms with Crippen molar-refractivity contribution < 1.29 is 14.3 Å². The summed E-state index contributed by atoms with van der Waals surface area (Å²) in [6, 6.07) is 0. The molecule has 1 amide bonds. The van der Waals surface area contributed by atoms with E-state index in [2.05, 4.69) is 18.8 Å². The van der Waals surface area contributed by atoms with Gasteiger partial charge in [0.05, 0.1) is 5.92 Å². The van der Waals surface area contributed by atoms with E-state index in [9.17, 15) is 9.59 Å².